The van der Waals surface area contributed by atoms with Crippen molar-refractivity contribution in [1.82, 2.24) is 30.7 Å². The van der Waals surface area contributed by atoms with E-state index in [9.17, 15) is 49.9 Å². The van der Waals surface area contributed by atoms with Crippen molar-refractivity contribution >= 4 is 41.8 Å². The molecule has 7 N–H and O–H groups in total. The van der Waals surface area contributed by atoms with Gasteiger partial charge in [0.05, 0.1) is 5.56 Å². The molecule has 352 valence electrons. The second-order valence-electron chi connectivity index (χ2n) is 16.6. The van der Waals surface area contributed by atoms with Crippen molar-refractivity contribution in [3.63, 3.8) is 0 Å². The van der Waals surface area contributed by atoms with Gasteiger partial charge in [0, 0.05) is 41.2 Å². The predicted octanol–water partition coefficient (Wildman–Crippen LogP) is 7.42. The van der Waals surface area contributed by atoms with Gasteiger partial charge in [-0.2, -0.15) is 35.8 Å². The zero-order valence-corrected chi connectivity index (χ0v) is 36.2. The van der Waals surface area contributed by atoms with Gasteiger partial charge in [0.25, 0.3) is 5.91 Å². The predicted molar refractivity (Wildman–Crippen MR) is 228 cm³/mol. The van der Waals surface area contributed by atoms with Crippen LogP contribution in [0.25, 0.3) is 22.5 Å². The maximum absolute atomic E-state index is 14.5. The van der Waals surface area contributed by atoms with Crippen LogP contribution < -0.4 is 21.7 Å². The Labute approximate surface area is 375 Å². The van der Waals surface area contributed by atoms with E-state index in [1.807, 2.05) is 14.1 Å². The van der Waals surface area contributed by atoms with Crippen LogP contribution in [-0.2, 0) is 32.9 Å². The molecule has 65 heavy (non-hydrogen) atoms. The largest absolute Gasteiger partial charge is 0.477 e. The molecule has 0 radical (unpaired) electrons. The molecule has 1 aromatic heterocycles. The number of benzene rings is 3. The molecule has 0 aliphatic heterocycles. The van der Waals surface area contributed by atoms with E-state index in [4.69, 9.17) is 10.8 Å². The Morgan fingerprint density at radius 1 is 0.846 bits per heavy atom. The van der Waals surface area contributed by atoms with Crippen molar-refractivity contribution < 1.29 is 55.0 Å². The molecule has 6 rings (SSSR count). The van der Waals surface area contributed by atoms with E-state index in [0.717, 1.165) is 31.7 Å². The summed E-state index contributed by atoms with van der Waals surface area (Å²) in [5.41, 5.74) is 5.47. The molecule has 0 bridgehead atoms. The van der Waals surface area contributed by atoms with Crippen LogP contribution in [0.2, 0.25) is 0 Å². The first-order valence-electron chi connectivity index (χ1n) is 20.8. The average Bonchev–Trinajstić information content (AvgIpc) is 3.78. The molecule has 3 amide bonds. The Balaban J connectivity index is 0.00000793. The van der Waals surface area contributed by atoms with Gasteiger partial charge >= 0.3 is 24.0 Å². The lowest BCUT2D eigenvalue weighted by Gasteiger charge is -2.33. The Morgan fingerprint density at radius 3 is 2.03 bits per heavy atom. The normalized spacial score (nSPS) is 19.7. The first kappa shape index (κ1) is 50.4. The molecule has 1 atom stereocenters. The molecule has 3 aromatic carbocycles. The number of hydrogen-bond acceptors (Lipinski definition) is 8. The minimum Gasteiger partial charge on any atom is -0.477 e. The summed E-state index contributed by atoms with van der Waals surface area (Å²) < 4.78 is 99.4. The Hall–Kier alpha value is -5.60. The Morgan fingerprint density at radius 2 is 1.46 bits per heavy atom. The fourth-order valence-corrected chi connectivity index (χ4v) is 8.14. The van der Waals surface area contributed by atoms with Crippen LogP contribution in [0.1, 0.15) is 78.7 Å². The second kappa shape index (κ2) is 20.7. The number of aromatic amines is 1. The number of nitrogens with zero attached hydrogens (tertiary/aromatic N) is 3. The summed E-state index contributed by atoms with van der Waals surface area (Å²) in [6.45, 7) is 0.487. The number of aromatic nitrogens is 3. The van der Waals surface area contributed by atoms with Crippen molar-refractivity contribution in [3.05, 3.63) is 89.2 Å². The van der Waals surface area contributed by atoms with Crippen LogP contribution >= 0.6 is 12.4 Å². The highest BCUT2D eigenvalue weighted by Crippen LogP contribution is 2.42. The number of aliphatic carboxylic acids is 1. The fraction of sp³-hybridized carbons (Fsp3) is 0.455. The summed E-state index contributed by atoms with van der Waals surface area (Å²) in [6, 6.07) is 13.8. The number of alkyl halides is 7. The third-order valence-corrected chi connectivity index (χ3v) is 12.1. The molecule has 0 saturated heterocycles. The topological polar surface area (TPSA) is 195 Å². The maximum Gasteiger partial charge on any atom is 0.417 e. The minimum atomic E-state index is -5.49. The molecule has 2 saturated carbocycles. The molecular weight excluding hydrogens is 889 g/mol. The van der Waals surface area contributed by atoms with Crippen LogP contribution in [0.5, 0.6) is 0 Å². The van der Waals surface area contributed by atoms with Gasteiger partial charge < -0.3 is 31.7 Å². The third kappa shape index (κ3) is 11.8. The van der Waals surface area contributed by atoms with E-state index in [0.29, 0.717) is 43.8 Å². The van der Waals surface area contributed by atoms with Crippen molar-refractivity contribution in [3.8, 4) is 22.5 Å². The zero-order chi connectivity index (χ0) is 46.6. The summed E-state index contributed by atoms with van der Waals surface area (Å²) in [5, 5.41) is 22.1. The highest BCUT2D eigenvalue weighted by Gasteiger charge is 2.66. The van der Waals surface area contributed by atoms with Gasteiger partial charge in [-0.3, -0.25) is 19.5 Å². The van der Waals surface area contributed by atoms with E-state index in [-0.39, 0.29) is 64.6 Å². The lowest BCUT2D eigenvalue weighted by atomic mass is 9.81. The number of anilines is 1. The first-order chi connectivity index (χ1) is 30.2. The summed E-state index contributed by atoms with van der Waals surface area (Å²) in [7, 11) is 3.97. The number of H-pyrrole nitrogens is 1. The minimum absolute atomic E-state index is 0. The van der Waals surface area contributed by atoms with Crippen molar-refractivity contribution in [1.29, 1.82) is 0 Å². The number of rotatable bonds is 15. The van der Waals surface area contributed by atoms with Gasteiger partial charge in [-0.1, -0.05) is 30.3 Å². The quantitative estimate of drug-likeness (QED) is 0.0658. The lowest BCUT2D eigenvalue weighted by molar-refractivity contribution is -0.231. The third-order valence-electron chi connectivity index (χ3n) is 12.1. The van der Waals surface area contributed by atoms with E-state index < -0.39 is 65.0 Å². The van der Waals surface area contributed by atoms with E-state index in [1.54, 1.807) is 0 Å². The van der Waals surface area contributed by atoms with Crippen molar-refractivity contribution in [2.45, 2.75) is 93.9 Å². The second-order valence-corrected chi connectivity index (χ2v) is 16.6. The summed E-state index contributed by atoms with van der Waals surface area (Å²) in [6.07, 6.45) is 0.858. The lowest BCUT2D eigenvalue weighted by Crippen LogP contribution is -2.48. The van der Waals surface area contributed by atoms with Crippen LogP contribution in [-0.4, -0.2) is 93.6 Å². The number of carbonyl (C=O) groups excluding carboxylic acids is 3. The summed E-state index contributed by atoms with van der Waals surface area (Å²) in [4.78, 5) is 56.7. The molecule has 1 heterocycles. The highest BCUT2D eigenvalue weighted by atomic mass is 35.5. The zero-order valence-electron chi connectivity index (χ0n) is 35.4. The number of amides is 3. The van der Waals surface area contributed by atoms with Crippen molar-refractivity contribution in [2.75, 3.05) is 26.0 Å². The Bertz CT molecular complexity index is 2300. The highest BCUT2D eigenvalue weighted by molar-refractivity contribution is 5.98. The van der Waals surface area contributed by atoms with Crippen LogP contribution in [0.4, 0.5) is 36.4 Å². The molecule has 2 aliphatic rings. The molecule has 2 aliphatic carbocycles. The Kier molecular flexibility index (Phi) is 16.1. The number of carboxylic acids is 1. The van der Waals surface area contributed by atoms with Gasteiger partial charge in [-0.15, -0.1) is 12.4 Å². The number of hydrogen-bond donors (Lipinski definition) is 6. The summed E-state index contributed by atoms with van der Waals surface area (Å²) in [5.74, 6) is -17.7. The average molecular weight is 939 g/mol. The van der Waals surface area contributed by atoms with E-state index in [2.05, 4.69) is 36.0 Å². The van der Waals surface area contributed by atoms with Gasteiger partial charge in [-0.05, 0) is 131 Å². The maximum atomic E-state index is 14.5. The van der Waals surface area contributed by atoms with Crippen LogP contribution in [0, 0.1) is 11.8 Å². The molecule has 0 spiro atoms. The number of halogens is 8. The molecule has 13 nitrogen and oxygen atoms in total. The van der Waals surface area contributed by atoms with Crippen molar-refractivity contribution in [2.24, 2.45) is 17.6 Å². The van der Waals surface area contributed by atoms with Gasteiger partial charge in [-0.25, -0.2) is 9.78 Å². The standard InChI is InChI=1S/C44H49F7N8O5.ClH/c1-59(2)32-18-16-31(17-19-32)53-38(61)29-13-20-33(34(22-29)44(49,50)51)26-7-3-24(4-8-26)21-35(55-37(60)28-9-5-25(23-52)6-10-28)39(62)54-30-14-11-27(12-15-30)36-56-40(58-57-36)42(45,46)43(47,48)41(63)64;/h3-4,7-8,11-15,20,22,25,28,31-32,35H,5-6,9-10,16-19,21,23,52H2,1-2H3,(H,53,61)(H,54,62)(H,55,60)(H,63,64)(H,56,57,58);1H/t25-,28-,31?,32?,35-;/m0./s1. The first-order valence-corrected chi connectivity index (χ1v) is 20.8. The van der Waals surface area contributed by atoms with E-state index in [1.165, 1.54) is 60.7 Å². The SMILES string of the molecule is CN(C)C1CCC(NC(=O)c2ccc(-c3ccc(C[C@H](NC(=O)[C@H]4CC[C@H](CN)CC4)C(=O)Nc4ccc(-c5nc(C(F)(F)C(F)(F)C(=O)O)n[nH]5)cc4)cc3)c(C(F)(F)F)c2)CC1.Cl. The van der Waals surface area contributed by atoms with Gasteiger partial charge in [0.15, 0.2) is 5.82 Å². The van der Waals surface area contributed by atoms with E-state index >= 15 is 0 Å². The summed E-state index contributed by atoms with van der Waals surface area (Å²) >= 11 is 0. The number of nitrogens with one attached hydrogen (secondary N) is 4. The van der Waals surface area contributed by atoms with Gasteiger partial charge in [0.1, 0.15) is 6.04 Å². The number of carboxylic acid groups (broad SMARTS) is 1. The monoisotopic (exact) mass is 938 g/mol. The van der Waals surface area contributed by atoms with Gasteiger partial charge in [0.2, 0.25) is 17.6 Å². The molecule has 2 fully saturated rings. The molecule has 0 unspecified atom stereocenters. The number of carbonyl (C=O) groups is 4. The molecule has 21 heteroatoms. The van der Waals surface area contributed by atoms with Crippen LogP contribution in [0.15, 0.2) is 66.7 Å². The smallest absolute Gasteiger partial charge is 0.417 e. The fourth-order valence-electron chi connectivity index (χ4n) is 8.14. The number of nitrogens with two attached hydrogens (primary N) is 1. The van der Waals surface area contributed by atoms with Crippen LogP contribution in [0.3, 0.4) is 0 Å². The molecule has 4 aromatic rings. The molecular formula is C44H50ClF7N8O5.